The highest BCUT2D eigenvalue weighted by atomic mass is 16.5. The molecule has 5 heteroatoms. The van der Waals surface area contributed by atoms with E-state index < -0.39 is 6.10 Å². The lowest BCUT2D eigenvalue weighted by molar-refractivity contribution is -0.141. The van der Waals surface area contributed by atoms with Gasteiger partial charge in [0, 0.05) is 26.2 Å². The van der Waals surface area contributed by atoms with Gasteiger partial charge in [0.2, 0.25) is 6.41 Å². The lowest BCUT2D eigenvalue weighted by Crippen LogP contribution is -2.51. The third kappa shape index (κ3) is 3.59. The Kier molecular flexibility index (Phi) is 5.06. The Morgan fingerprint density at radius 3 is 2.41 bits per heavy atom. The minimum atomic E-state index is -0.525. The van der Waals surface area contributed by atoms with Crippen molar-refractivity contribution in [3.05, 3.63) is 28.8 Å². The highest BCUT2D eigenvalue weighted by Gasteiger charge is 2.26. The Morgan fingerprint density at radius 2 is 1.82 bits per heavy atom. The number of amides is 2. The topological polar surface area (TPSA) is 49.9 Å². The molecule has 0 bridgehead atoms. The molecule has 1 aromatic carbocycles. The van der Waals surface area contributed by atoms with E-state index in [1.165, 1.54) is 0 Å². The lowest BCUT2D eigenvalue weighted by Gasteiger charge is -2.34. The zero-order valence-electron chi connectivity index (χ0n) is 13.8. The Morgan fingerprint density at radius 1 is 1.18 bits per heavy atom. The molecule has 1 saturated heterocycles. The molecule has 1 heterocycles. The molecule has 1 fully saturated rings. The maximum atomic E-state index is 12.5. The van der Waals surface area contributed by atoms with Crippen molar-refractivity contribution in [3.8, 4) is 5.75 Å². The van der Waals surface area contributed by atoms with Crippen LogP contribution in [-0.2, 0) is 9.59 Å². The first-order valence-corrected chi connectivity index (χ1v) is 7.65. The molecule has 0 saturated carbocycles. The van der Waals surface area contributed by atoms with Gasteiger partial charge in [-0.1, -0.05) is 6.07 Å². The zero-order chi connectivity index (χ0) is 16.3. The molecule has 2 rings (SSSR count). The molecule has 120 valence electrons. The molecule has 5 nitrogen and oxygen atoms in total. The number of carbonyl (C=O) groups is 2. The Hall–Kier alpha value is -2.04. The first-order chi connectivity index (χ1) is 10.4. The van der Waals surface area contributed by atoms with Crippen LogP contribution in [0.4, 0.5) is 0 Å². The van der Waals surface area contributed by atoms with Crippen molar-refractivity contribution < 1.29 is 14.3 Å². The Balaban J connectivity index is 2.02. The molecule has 0 spiro atoms. The quantitative estimate of drug-likeness (QED) is 0.795. The van der Waals surface area contributed by atoms with E-state index in [2.05, 4.69) is 6.07 Å². The van der Waals surface area contributed by atoms with Crippen LogP contribution in [0.5, 0.6) is 5.75 Å². The molecule has 0 N–H and O–H groups in total. The van der Waals surface area contributed by atoms with Gasteiger partial charge >= 0.3 is 0 Å². The summed E-state index contributed by atoms with van der Waals surface area (Å²) in [4.78, 5) is 26.6. The fourth-order valence-corrected chi connectivity index (χ4v) is 2.67. The largest absolute Gasteiger partial charge is 0.481 e. The van der Waals surface area contributed by atoms with E-state index >= 15 is 0 Å². The first-order valence-electron chi connectivity index (χ1n) is 7.65. The number of piperazine rings is 1. The van der Waals surface area contributed by atoms with Crippen molar-refractivity contribution in [2.45, 2.75) is 33.8 Å². The molecule has 0 radical (unpaired) electrons. The first kappa shape index (κ1) is 16.3. The number of ether oxygens (including phenoxy) is 1. The molecule has 22 heavy (non-hydrogen) atoms. The van der Waals surface area contributed by atoms with Crippen LogP contribution in [0.1, 0.15) is 23.6 Å². The second-order valence-electron chi connectivity index (χ2n) is 5.93. The summed E-state index contributed by atoms with van der Waals surface area (Å²) in [6.07, 6.45) is 0.309. The molecule has 0 aromatic heterocycles. The van der Waals surface area contributed by atoms with Crippen LogP contribution < -0.4 is 4.74 Å². The van der Waals surface area contributed by atoms with Crippen molar-refractivity contribution in [3.63, 3.8) is 0 Å². The fourth-order valence-electron chi connectivity index (χ4n) is 2.67. The van der Waals surface area contributed by atoms with Crippen molar-refractivity contribution in [2.75, 3.05) is 26.2 Å². The summed E-state index contributed by atoms with van der Waals surface area (Å²) in [6, 6.07) is 4.07. The second kappa shape index (κ2) is 6.81. The summed E-state index contributed by atoms with van der Waals surface area (Å²) >= 11 is 0. The minimum absolute atomic E-state index is 0.0240. The summed E-state index contributed by atoms with van der Waals surface area (Å²) < 4.78 is 5.90. The minimum Gasteiger partial charge on any atom is -0.481 e. The Labute approximate surface area is 131 Å². The van der Waals surface area contributed by atoms with Gasteiger partial charge in [-0.3, -0.25) is 9.59 Å². The van der Waals surface area contributed by atoms with Gasteiger partial charge in [0.1, 0.15) is 5.75 Å². The van der Waals surface area contributed by atoms with E-state index in [0.717, 1.165) is 28.8 Å². The summed E-state index contributed by atoms with van der Waals surface area (Å²) in [5, 5.41) is 0. The number of rotatable bonds is 4. The van der Waals surface area contributed by atoms with Crippen LogP contribution in [0.2, 0.25) is 0 Å². The highest BCUT2D eigenvalue weighted by molar-refractivity contribution is 5.81. The number of aryl methyl sites for hydroxylation is 2. The molecule has 2 amide bonds. The summed E-state index contributed by atoms with van der Waals surface area (Å²) in [5.74, 6) is 0.744. The molecule has 1 aliphatic heterocycles. The van der Waals surface area contributed by atoms with E-state index in [9.17, 15) is 9.59 Å². The molecule has 1 aromatic rings. The zero-order valence-corrected chi connectivity index (χ0v) is 13.8. The maximum Gasteiger partial charge on any atom is 0.263 e. The van der Waals surface area contributed by atoms with E-state index in [4.69, 9.17) is 4.74 Å². The van der Waals surface area contributed by atoms with Crippen LogP contribution in [0.3, 0.4) is 0 Å². The van der Waals surface area contributed by atoms with Crippen molar-refractivity contribution in [2.24, 2.45) is 0 Å². The van der Waals surface area contributed by atoms with Crippen molar-refractivity contribution in [1.29, 1.82) is 0 Å². The van der Waals surface area contributed by atoms with Gasteiger partial charge in [-0.25, -0.2) is 0 Å². The van der Waals surface area contributed by atoms with E-state index in [0.29, 0.717) is 26.2 Å². The van der Waals surface area contributed by atoms with Crippen molar-refractivity contribution >= 4 is 12.3 Å². The standard InChI is InChI=1S/C17H24N2O3/c1-12-9-13(2)14(3)16(10-12)22-15(4)17(21)19-7-5-18(11-20)6-8-19/h9-11,15H,5-8H2,1-4H3. The van der Waals surface area contributed by atoms with E-state index in [1.807, 2.05) is 26.8 Å². The number of carbonyl (C=O) groups excluding carboxylic acids is 2. The fraction of sp³-hybridized carbons (Fsp3) is 0.529. The average Bonchev–Trinajstić information content (AvgIpc) is 2.51. The molecule has 1 atom stereocenters. The van der Waals surface area contributed by atoms with E-state index in [-0.39, 0.29) is 5.91 Å². The third-order valence-corrected chi connectivity index (χ3v) is 4.19. The molecule has 1 aliphatic rings. The van der Waals surface area contributed by atoms with Crippen LogP contribution in [0.15, 0.2) is 12.1 Å². The summed E-state index contributed by atoms with van der Waals surface area (Å²) in [7, 11) is 0. The van der Waals surface area contributed by atoms with E-state index in [1.54, 1.807) is 16.7 Å². The summed E-state index contributed by atoms with van der Waals surface area (Å²) in [5.41, 5.74) is 3.35. The molecular formula is C17H24N2O3. The molecular weight excluding hydrogens is 280 g/mol. The van der Waals surface area contributed by atoms with Crippen LogP contribution in [0.25, 0.3) is 0 Å². The predicted molar refractivity (Wildman–Crippen MR) is 85.0 cm³/mol. The predicted octanol–water partition coefficient (Wildman–Crippen LogP) is 1.68. The highest BCUT2D eigenvalue weighted by Crippen LogP contribution is 2.24. The van der Waals surface area contributed by atoms with Crippen molar-refractivity contribution in [1.82, 2.24) is 9.80 Å². The number of hydrogen-bond acceptors (Lipinski definition) is 3. The maximum absolute atomic E-state index is 12.5. The smallest absolute Gasteiger partial charge is 0.263 e. The van der Waals surface area contributed by atoms with Gasteiger partial charge in [-0.05, 0) is 50.5 Å². The number of benzene rings is 1. The lowest BCUT2D eigenvalue weighted by atomic mass is 10.1. The SMILES string of the molecule is Cc1cc(C)c(C)c(OC(C)C(=O)N2CCN(C=O)CC2)c1. The summed E-state index contributed by atoms with van der Waals surface area (Å²) in [6.45, 7) is 10.2. The molecule has 0 aliphatic carbocycles. The second-order valence-corrected chi connectivity index (χ2v) is 5.93. The normalized spacial score (nSPS) is 16.4. The number of nitrogens with zero attached hydrogens (tertiary/aromatic N) is 2. The van der Waals surface area contributed by atoms with Gasteiger partial charge in [0.25, 0.3) is 5.91 Å². The Bertz CT molecular complexity index is 563. The monoisotopic (exact) mass is 304 g/mol. The molecule has 1 unspecified atom stereocenters. The average molecular weight is 304 g/mol. The van der Waals surface area contributed by atoms with Gasteiger partial charge in [-0.15, -0.1) is 0 Å². The van der Waals surface area contributed by atoms with Gasteiger partial charge < -0.3 is 14.5 Å². The number of hydrogen-bond donors (Lipinski definition) is 0. The van der Waals surface area contributed by atoms with Crippen LogP contribution >= 0.6 is 0 Å². The van der Waals surface area contributed by atoms with Gasteiger partial charge in [0.15, 0.2) is 6.10 Å². The van der Waals surface area contributed by atoms with Gasteiger partial charge in [0.05, 0.1) is 0 Å². The van der Waals surface area contributed by atoms with Crippen LogP contribution in [0, 0.1) is 20.8 Å². The van der Waals surface area contributed by atoms with Gasteiger partial charge in [-0.2, -0.15) is 0 Å². The third-order valence-electron chi connectivity index (χ3n) is 4.19. The van der Waals surface area contributed by atoms with Crippen LogP contribution in [-0.4, -0.2) is 54.4 Å².